The van der Waals surface area contributed by atoms with Gasteiger partial charge < -0.3 is 5.11 Å². The maximum Gasteiger partial charge on any atom is 0.162 e. The number of phenolic OH excluding ortho intramolecular Hbond substituents is 1. The summed E-state index contributed by atoms with van der Waals surface area (Å²) < 4.78 is 13.1. The van der Waals surface area contributed by atoms with Crippen molar-refractivity contribution in [3.8, 4) is 5.75 Å². The molecule has 2 atom stereocenters. The van der Waals surface area contributed by atoms with Gasteiger partial charge in [-0.05, 0) is 81.2 Å². The summed E-state index contributed by atoms with van der Waals surface area (Å²) in [4.78, 5) is 14.9. The van der Waals surface area contributed by atoms with E-state index >= 15 is 0 Å². The molecular formula is C26H34FNO2. The van der Waals surface area contributed by atoms with E-state index in [2.05, 4.69) is 37.9 Å². The Hall–Kier alpha value is -2.20. The molecule has 0 bridgehead atoms. The van der Waals surface area contributed by atoms with Crippen molar-refractivity contribution in [2.75, 3.05) is 13.6 Å². The molecule has 2 aromatic rings. The number of likely N-dealkylation sites (N-methyl/N-ethyl adjacent to an activating group) is 1. The zero-order valence-electron chi connectivity index (χ0n) is 18.5. The van der Waals surface area contributed by atoms with Crippen LogP contribution in [0.5, 0.6) is 5.75 Å². The smallest absolute Gasteiger partial charge is 0.162 e. The Labute approximate surface area is 179 Å². The first-order valence-corrected chi connectivity index (χ1v) is 11.1. The van der Waals surface area contributed by atoms with E-state index in [9.17, 15) is 14.3 Å². The number of carbonyl (C=O) groups is 1. The van der Waals surface area contributed by atoms with Crippen LogP contribution in [-0.2, 0) is 5.41 Å². The summed E-state index contributed by atoms with van der Waals surface area (Å²) in [5.41, 5.74) is 1.86. The lowest BCUT2D eigenvalue weighted by atomic mass is 9.57. The number of carbonyl (C=O) groups excluding carboxylic acids is 1. The van der Waals surface area contributed by atoms with E-state index in [0.29, 0.717) is 17.7 Å². The zero-order chi connectivity index (χ0) is 21.8. The van der Waals surface area contributed by atoms with Gasteiger partial charge in [0.15, 0.2) is 5.78 Å². The predicted molar refractivity (Wildman–Crippen MR) is 120 cm³/mol. The minimum absolute atomic E-state index is 0.0105. The van der Waals surface area contributed by atoms with E-state index in [0.717, 1.165) is 32.2 Å². The molecule has 30 heavy (non-hydrogen) atoms. The number of ketones is 1. The first-order valence-electron chi connectivity index (χ1n) is 11.1. The van der Waals surface area contributed by atoms with Crippen LogP contribution < -0.4 is 0 Å². The molecule has 0 amide bonds. The molecule has 1 fully saturated rings. The molecule has 0 saturated heterocycles. The topological polar surface area (TPSA) is 40.5 Å². The maximum atomic E-state index is 13.1. The van der Waals surface area contributed by atoms with Gasteiger partial charge in [-0.15, -0.1) is 0 Å². The number of benzene rings is 2. The highest BCUT2D eigenvalue weighted by Gasteiger charge is 2.51. The largest absolute Gasteiger partial charge is 0.508 e. The van der Waals surface area contributed by atoms with Gasteiger partial charge in [-0.25, -0.2) is 4.39 Å². The molecule has 0 heterocycles. The minimum atomic E-state index is -0.318. The molecule has 0 aliphatic heterocycles. The third-order valence-electron chi connectivity index (χ3n) is 7.43. The Morgan fingerprint density at radius 2 is 1.70 bits per heavy atom. The van der Waals surface area contributed by atoms with E-state index in [4.69, 9.17) is 0 Å². The van der Waals surface area contributed by atoms with Gasteiger partial charge in [0.2, 0.25) is 0 Å². The SMILES string of the molecule is CCC1(N(C)CCCC(=O)c2ccc(F)cc2)CCCCC1(C)c1ccc(O)cc1. The Morgan fingerprint density at radius 1 is 1.07 bits per heavy atom. The highest BCUT2D eigenvalue weighted by Crippen LogP contribution is 2.51. The number of halogens is 1. The first-order chi connectivity index (χ1) is 14.3. The number of nitrogens with zero attached hydrogens (tertiary/aromatic N) is 1. The molecule has 0 aromatic heterocycles. The molecule has 2 aromatic carbocycles. The van der Waals surface area contributed by atoms with Crippen LogP contribution in [0.1, 0.15) is 74.7 Å². The molecule has 0 radical (unpaired) electrons. The standard InChI is InChI=1S/C26H34FNO2/c1-4-26(18-6-5-17-25(26,2)21-11-15-23(29)16-12-21)28(3)19-7-8-24(30)20-9-13-22(27)14-10-20/h9-16,29H,4-8,17-19H2,1-3H3. The summed E-state index contributed by atoms with van der Waals surface area (Å²) in [7, 11) is 2.19. The number of aromatic hydroxyl groups is 1. The number of rotatable bonds is 8. The number of hydrogen-bond acceptors (Lipinski definition) is 3. The summed E-state index contributed by atoms with van der Waals surface area (Å²) in [5, 5.41) is 9.75. The third-order valence-corrected chi connectivity index (χ3v) is 7.43. The predicted octanol–water partition coefficient (Wildman–Crippen LogP) is 6.11. The molecule has 1 saturated carbocycles. The molecule has 4 heteroatoms. The van der Waals surface area contributed by atoms with E-state index in [1.807, 2.05) is 0 Å². The van der Waals surface area contributed by atoms with E-state index in [1.165, 1.54) is 30.5 Å². The molecule has 1 N–H and O–H groups in total. The molecule has 3 rings (SSSR count). The van der Waals surface area contributed by atoms with Crippen LogP contribution in [0.25, 0.3) is 0 Å². The van der Waals surface area contributed by atoms with Gasteiger partial charge in [0, 0.05) is 22.9 Å². The molecule has 1 aliphatic carbocycles. The maximum absolute atomic E-state index is 13.1. The van der Waals surface area contributed by atoms with Crippen molar-refractivity contribution in [1.29, 1.82) is 0 Å². The van der Waals surface area contributed by atoms with E-state index in [-0.39, 0.29) is 22.6 Å². The second kappa shape index (κ2) is 9.30. The normalized spacial score (nSPS) is 24.2. The average molecular weight is 412 g/mol. The highest BCUT2D eigenvalue weighted by atomic mass is 19.1. The van der Waals surface area contributed by atoms with Crippen LogP contribution in [0.3, 0.4) is 0 Å². The Kier molecular flexibility index (Phi) is 6.97. The number of phenols is 1. The van der Waals surface area contributed by atoms with Crippen molar-refractivity contribution in [2.45, 2.75) is 69.7 Å². The van der Waals surface area contributed by atoms with Crippen LogP contribution in [0.15, 0.2) is 48.5 Å². The molecule has 0 spiro atoms. The van der Waals surface area contributed by atoms with Gasteiger partial charge >= 0.3 is 0 Å². The zero-order valence-corrected chi connectivity index (χ0v) is 18.5. The third kappa shape index (κ3) is 4.29. The van der Waals surface area contributed by atoms with Crippen molar-refractivity contribution in [1.82, 2.24) is 4.90 Å². The number of Topliss-reactive ketones (excluding diaryl/α,β-unsaturated/α-hetero) is 1. The Morgan fingerprint density at radius 3 is 2.33 bits per heavy atom. The van der Waals surface area contributed by atoms with Crippen LogP contribution in [-0.4, -0.2) is 34.9 Å². The molecule has 2 unspecified atom stereocenters. The molecular weight excluding hydrogens is 377 g/mol. The van der Waals surface area contributed by atoms with Crippen molar-refractivity contribution >= 4 is 5.78 Å². The highest BCUT2D eigenvalue weighted by molar-refractivity contribution is 5.95. The lowest BCUT2D eigenvalue weighted by molar-refractivity contribution is -0.00322. The van der Waals surface area contributed by atoms with Crippen molar-refractivity contribution < 1.29 is 14.3 Å². The second-order valence-corrected chi connectivity index (χ2v) is 8.93. The number of hydrogen-bond donors (Lipinski definition) is 1. The lowest BCUT2D eigenvalue weighted by Gasteiger charge is -2.57. The van der Waals surface area contributed by atoms with Crippen LogP contribution in [0, 0.1) is 5.82 Å². The van der Waals surface area contributed by atoms with E-state index in [1.54, 1.807) is 24.3 Å². The lowest BCUT2D eigenvalue weighted by Crippen LogP contribution is -2.61. The van der Waals surface area contributed by atoms with Gasteiger partial charge in [0.1, 0.15) is 11.6 Å². The van der Waals surface area contributed by atoms with Crippen LogP contribution >= 0.6 is 0 Å². The average Bonchev–Trinajstić information content (AvgIpc) is 2.75. The van der Waals surface area contributed by atoms with Crippen molar-refractivity contribution in [3.05, 3.63) is 65.5 Å². The van der Waals surface area contributed by atoms with E-state index < -0.39 is 0 Å². The Balaban J connectivity index is 1.73. The molecule has 162 valence electrons. The van der Waals surface area contributed by atoms with Gasteiger partial charge in [-0.1, -0.05) is 38.8 Å². The summed E-state index contributed by atoms with van der Waals surface area (Å²) >= 11 is 0. The summed E-state index contributed by atoms with van der Waals surface area (Å²) in [6.07, 6.45) is 6.93. The van der Waals surface area contributed by atoms with Crippen LogP contribution in [0.2, 0.25) is 0 Å². The van der Waals surface area contributed by atoms with Crippen molar-refractivity contribution in [3.63, 3.8) is 0 Å². The van der Waals surface area contributed by atoms with Gasteiger partial charge in [0.25, 0.3) is 0 Å². The first kappa shape index (κ1) is 22.5. The summed E-state index contributed by atoms with van der Waals surface area (Å²) in [5.74, 6) is 0.0498. The Bertz CT molecular complexity index is 848. The monoisotopic (exact) mass is 411 g/mol. The summed E-state index contributed by atoms with van der Waals surface area (Å²) in [6, 6.07) is 13.5. The summed E-state index contributed by atoms with van der Waals surface area (Å²) in [6.45, 7) is 5.47. The van der Waals surface area contributed by atoms with Gasteiger partial charge in [-0.3, -0.25) is 9.69 Å². The molecule has 1 aliphatic rings. The quantitative estimate of drug-likeness (QED) is 0.533. The second-order valence-electron chi connectivity index (χ2n) is 8.93. The van der Waals surface area contributed by atoms with Gasteiger partial charge in [0.05, 0.1) is 0 Å². The van der Waals surface area contributed by atoms with Crippen molar-refractivity contribution in [2.24, 2.45) is 0 Å². The fourth-order valence-electron chi connectivity index (χ4n) is 5.57. The van der Waals surface area contributed by atoms with Gasteiger partial charge in [-0.2, -0.15) is 0 Å². The van der Waals surface area contributed by atoms with Crippen LogP contribution in [0.4, 0.5) is 4.39 Å². The fourth-order valence-corrected chi connectivity index (χ4v) is 5.57. The fraction of sp³-hybridized carbons (Fsp3) is 0.500. The minimum Gasteiger partial charge on any atom is -0.508 e. The molecule has 3 nitrogen and oxygen atoms in total.